The minimum absolute atomic E-state index is 0.0356. The minimum Gasteiger partial charge on any atom is -0.346 e. The molecule has 3 aliphatic carbocycles. The topological polar surface area (TPSA) is 171 Å². The van der Waals surface area contributed by atoms with E-state index in [0.29, 0.717) is 25.8 Å². The largest absolute Gasteiger partial charge is 0.346 e. The molecule has 1 aromatic rings. The summed E-state index contributed by atoms with van der Waals surface area (Å²) in [6.45, 7) is 15.5. The predicted molar refractivity (Wildman–Crippen MR) is 195 cm³/mol. The number of fused-ring (bicyclic) bond motifs is 1. The summed E-state index contributed by atoms with van der Waals surface area (Å²) < 4.78 is 29.8. The molecule has 0 bridgehead atoms. The maximum Gasteiger partial charge on any atom is 0.289 e. The highest BCUT2D eigenvalue weighted by molar-refractivity contribution is 7.91. The summed E-state index contributed by atoms with van der Waals surface area (Å²) in [6, 6.07) is -1.02. The lowest BCUT2D eigenvalue weighted by atomic mass is 9.70. The van der Waals surface area contributed by atoms with E-state index in [1.165, 1.54) is 17.0 Å². The third-order valence-electron chi connectivity index (χ3n) is 11.7. The SMILES string of the molecule is C=CCNC(=O)C(=O)C(CC1CC1)NC(=O)[C@@H]1[C@@H]2[C@H](CN1C(=O)[C@@H](NC(=O)[C@@H](NS(=O)(=O)c1cccs1)C1(C)CCCCC1)C(C)(C)C)C2(C)C. The van der Waals surface area contributed by atoms with Crippen LogP contribution in [0.5, 0.6) is 0 Å². The van der Waals surface area contributed by atoms with E-state index in [1.54, 1.807) is 11.4 Å². The number of hydrogen-bond acceptors (Lipinski definition) is 8. The lowest BCUT2D eigenvalue weighted by Gasteiger charge is -2.42. The van der Waals surface area contributed by atoms with Crippen LogP contribution in [-0.2, 0) is 34.0 Å². The number of Topliss-reactive ketones (excluding diaryl/α,β-unsaturated/α-hetero) is 1. The molecule has 282 valence electrons. The number of amides is 4. The second-order valence-electron chi connectivity index (χ2n) is 17.0. The Labute approximate surface area is 306 Å². The Kier molecular flexibility index (Phi) is 11.3. The Balaban J connectivity index is 1.40. The summed E-state index contributed by atoms with van der Waals surface area (Å²) >= 11 is 1.07. The standard InChI is InChI=1S/C37H55N5O7S2/c1-8-18-38-32(45)28(43)24(20-22-14-15-22)39-31(44)27-26-23(36(26,5)6)21-42(27)34(47)30(35(2,3)4)40-33(46)29(37(7)16-10-9-11-17-37)41-51(48,49)25-13-12-19-50-25/h8,12-13,19,22-24,26-27,29-30,41H,1,9-11,14-18,20-21H2,2-7H3,(H,38,45)(H,39,44)(H,40,46)/t23-,24?,26-,27-,29+,30+/m0/s1. The predicted octanol–water partition coefficient (Wildman–Crippen LogP) is 3.54. The Morgan fingerprint density at radius 2 is 1.73 bits per heavy atom. The van der Waals surface area contributed by atoms with E-state index in [4.69, 9.17) is 0 Å². The van der Waals surface area contributed by atoms with Crippen molar-refractivity contribution in [1.29, 1.82) is 0 Å². The summed E-state index contributed by atoms with van der Waals surface area (Å²) in [5, 5.41) is 9.99. The van der Waals surface area contributed by atoms with E-state index in [9.17, 15) is 32.4 Å². The zero-order valence-corrected chi connectivity index (χ0v) is 32.4. The van der Waals surface area contributed by atoms with Gasteiger partial charge >= 0.3 is 0 Å². The number of likely N-dealkylation sites (tertiary alicyclic amines) is 1. The lowest BCUT2D eigenvalue weighted by Crippen LogP contribution is -2.64. The molecule has 12 nitrogen and oxygen atoms in total. The van der Waals surface area contributed by atoms with E-state index >= 15 is 0 Å². The highest BCUT2D eigenvalue weighted by Crippen LogP contribution is 2.65. The van der Waals surface area contributed by atoms with Crippen LogP contribution in [0.3, 0.4) is 0 Å². The van der Waals surface area contributed by atoms with Crippen LogP contribution in [0.25, 0.3) is 0 Å². The molecule has 4 fully saturated rings. The lowest BCUT2D eigenvalue weighted by molar-refractivity contribution is -0.147. The molecule has 4 amide bonds. The number of carbonyl (C=O) groups is 5. The summed E-state index contributed by atoms with van der Waals surface area (Å²) in [5.74, 6) is -2.95. The molecule has 0 radical (unpaired) electrons. The number of nitrogens with one attached hydrogen (secondary N) is 4. The monoisotopic (exact) mass is 745 g/mol. The molecule has 1 aliphatic heterocycles. The van der Waals surface area contributed by atoms with Crippen molar-refractivity contribution >= 4 is 50.8 Å². The van der Waals surface area contributed by atoms with Crippen molar-refractivity contribution in [2.45, 2.75) is 121 Å². The zero-order chi connectivity index (χ0) is 37.5. The van der Waals surface area contributed by atoms with Crippen LogP contribution in [0.1, 0.15) is 92.9 Å². The fourth-order valence-corrected chi connectivity index (χ4v) is 10.6. The van der Waals surface area contributed by atoms with Gasteiger partial charge in [0.15, 0.2) is 0 Å². The molecule has 4 aliphatic rings. The molecular formula is C37H55N5O7S2. The molecular weight excluding hydrogens is 691 g/mol. The average molecular weight is 746 g/mol. The van der Waals surface area contributed by atoms with E-state index < -0.39 is 74.4 Å². The van der Waals surface area contributed by atoms with Crippen molar-refractivity contribution < 1.29 is 32.4 Å². The molecule has 1 aromatic heterocycles. The Hall–Kier alpha value is -3.10. The summed E-state index contributed by atoms with van der Waals surface area (Å²) in [4.78, 5) is 70.6. The van der Waals surface area contributed by atoms with Crippen molar-refractivity contribution in [2.24, 2.45) is 34.0 Å². The molecule has 51 heavy (non-hydrogen) atoms. The van der Waals surface area contributed by atoms with Gasteiger partial charge in [0.05, 0.1) is 6.04 Å². The summed E-state index contributed by atoms with van der Waals surface area (Å²) in [5.41, 5.74) is -1.72. The number of hydrogen-bond donors (Lipinski definition) is 4. The van der Waals surface area contributed by atoms with Gasteiger partial charge in [0.1, 0.15) is 22.3 Å². The number of sulfonamides is 1. The second kappa shape index (κ2) is 14.7. The highest BCUT2D eigenvalue weighted by Gasteiger charge is 2.70. The van der Waals surface area contributed by atoms with Gasteiger partial charge in [-0.1, -0.05) is 85.8 Å². The van der Waals surface area contributed by atoms with Crippen LogP contribution in [0.4, 0.5) is 0 Å². The maximum atomic E-state index is 14.7. The van der Waals surface area contributed by atoms with Crippen LogP contribution in [0, 0.1) is 34.0 Å². The fraction of sp³-hybridized carbons (Fsp3) is 0.703. The molecule has 5 rings (SSSR count). The first-order chi connectivity index (χ1) is 23.8. The van der Waals surface area contributed by atoms with Crippen LogP contribution < -0.4 is 20.7 Å². The average Bonchev–Trinajstić information content (AvgIpc) is 3.74. The van der Waals surface area contributed by atoms with Gasteiger partial charge in [0.25, 0.3) is 15.9 Å². The van der Waals surface area contributed by atoms with Crippen LogP contribution in [0.15, 0.2) is 34.4 Å². The zero-order valence-electron chi connectivity index (χ0n) is 30.8. The third kappa shape index (κ3) is 8.43. The number of piperidine rings is 1. The molecule has 4 N–H and O–H groups in total. The number of thiophene rings is 1. The van der Waals surface area contributed by atoms with E-state index in [0.717, 1.165) is 43.4 Å². The van der Waals surface area contributed by atoms with Crippen LogP contribution in [-0.4, -0.2) is 80.0 Å². The highest BCUT2D eigenvalue weighted by atomic mass is 32.2. The normalized spacial score (nSPS) is 25.5. The Morgan fingerprint density at radius 1 is 1.06 bits per heavy atom. The summed E-state index contributed by atoms with van der Waals surface area (Å²) in [6.07, 6.45) is 7.62. The van der Waals surface area contributed by atoms with Gasteiger partial charge in [-0.2, -0.15) is 4.72 Å². The van der Waals surface area contributed by atoms with Gasteiger partial charge in [-0.05, 0) is 64.7 Å². The minimum atomic E-state index is -4.03. The van der Waals surface area contributed by atoms with Crippen molar-refractivity contribution in [1.82, 2.24) is 25.6 Å². The maximum absolute atomic E-state index is 14.7. The summed E-state index contributed by atoms with van der Waals surface area (Å²) in [7, 11) is -4.03. The number of ketones is 1. The van der Waals surface area contributed by atoms with Gasteiger partial charge in [-0.3, -0.25) is 24.0 Å². The molecule has 0 aromatic carbocycles. The van der Waals surface area contributed by atoms with Gasteiger partial charge < -0.3 is 20.9 Å². The van der Waals surface area contributed by atoms with Gasteiger partial charge in [-0.15, -0.1) is 17.9 Å². The van der Waals surface area contributed by atoms with Crippen LogP contribution in [0.2, 0.25) is 0 Å². The third-order valence-corrected chi connectivity index (χ3v) is 14.5. The second-order valence-corrected chi connectivity index (χ2v) is 19.9. The molecule has 0 spiro atoms. The molecule has 14 heteroatoms. The van der Waals surface area contributed by atoms with Crippen molar-refractivity contribution in [2.75, 3.05) is 13.1 Å². The van der Waals surface area contributed by atoms with Gasteiger partial charge in [-0.25, -0.2) is 8.42 Å². The Bertz CT molecular complexity index is 1620. The van der Waals surface area contributed by atoms with E-state index in [-0.39, 0.29) is 33.9 Å². The number of rotatable bonds is 15. The first kappa shape index (κ1) is 39.1. The first-order valence-electron chi connectivity index (χ1n) is 18.2. The molecule has 2 heterocycles. The van der Waals surface area contributed by atoms with Gasteiger partial charge in [0.2, 0.25) is 23.5 Å². The van der Waals surface area contributed by atoms with Crippen molar-refractivity contribution in [3.8, 4) is 0 Å². The number of carbonyl (C=O) groups excluding carboxylic acids is 5. The van der Waals surface area contributed by atoms with Crippen molar-refractivity contribution in [3.63, 3.8) is 0 Å². The first-order valence-corrected chi connectivity index (χ1v) is 20.6. The van der Waals surface area contributed by atoms with E-state index in [2.05, 4.69) is 41.1 Å². The fourth-order valence-electron chi connectivity index (χ4n) is 8.23. The van der Waals surface area contributed by atoms with Crippen molar-refractivity contribution in [3.05, 3.63) is 30.2 Å². The molecule has 3 saturated carbocycles. The Morgan fingerprint density at radius 3 is 2.29 bits per heavy atom. The smallest absolute Gasteiger partial charge is 0.289 e. The van der Waals surface area contributed by atoms with E-state index in [1.807, 2.05) is 27.7 Å². The van der Waals surface area contributed by atoms with Gasteiger partial charge in [0, 0.05) is 13.1 Å². The molecule has 1 saturated heterocycles. The molecule has 1 unspecified atom stereocenters. The van der Waals surface area contributed by atoms with Crippen LogP contribution >= 0.6 is 11.3 Å². The number of nitrogens with zero attached hydrogens (tertiary/aromatic N) is 1. The quantitative estimate of drug-likeness (QED) is 0.157. The molecule has 6 atom stereocenters.